The van der Waals surface area contributed by atoms with Gasteiger partial charge >= 0.3 is 0 Å². The Morgan fingerprint density at radius 3 is 2.43 bits per heavy atom. The fourth-order valence-electron chi connectivity index (χ4n) is 0.895. The van der Waals surface area contributed by atoms with Crippen LogP contribution in [0.3, 0.4) is 0 Å². The zero-order valence-corrected chi connectivity index (χ0v) is 7.93. The largest absolute Gasteiger partial charge is 0.497 e. The number of hydrogen-bond donors (Lipinski definition) is 1. The predicted molar refractivity (Wildman–Crippen MR) is 52.1 cm³/mol. The highest BCUT2D eigenvalue weighted by Crippen LogP contribution is 2.16. The van der Waals surface area contributed by atoms with Gasteiger partial charge in [0.1, 0.15) is 24.1 Å². The van der Waals surface area contributed by atoms with E-state index in [0.717, 1.165) is 5.75 Å². The van der Waals surface area contributed by atoms with E-state index in [0.29, 0.717) is 5.75 Å². The summed E-state index contributed by atoms with van der Waals surface area (Å²) in [5, 5.41) is 8.42. The fraction of sp³-hybridized carbons (Fsp3) is 0.300. The Morgan fingerprint density at radius 2 is 1.93 bits per heavy atom. The molecular formula is C10H12N2O2. The molecule has 0 heterocycles. The quantitative estimate of drug-likeness (QED) is 0.770. The summed E-state index contributed by atoms with van der Waals surface area (Å²) >= 11 is 0. The van der Waals surface area contributed by atoms with Crippen LogP contribution in [-0.4, -0.2) is 19.8 Å². The molecule has 4 heteroatoms. The second-order valence-corrected chi connectivity index (χ2v) is 2.72. The van der Waals surface area contributed by atoms with Crippen molar-refractivity contribution >= 4 is 0 Å². The minimum atomic E-state index is -0.586. The van der Waals surface area contributed by atoms with Crippen molar-refractivity contribution in [2.75, 3.05) is 13.7 Å². The monoisotopic (exact) mass is 192 g/mol. The van der Waals surface area contributed by atoms with E-state index in [1.54, 1.807) is 31.4 Å². The number of ether oxygens (including phenoxy) is 2. The second kappa shape index (κ2) is 5.10. The number of hydrogen-bond acceptors (Lipinski definition) is 4. The highest BCUT2D eigenvalue weighted by Gasteiger charge is 2.00. The molecule has 1 rings (SSSR count). The van der Waals surface area contributed by atoms with E-state index in [9.17, 15) is 0 Å². The zero-order valence-electron chi connectivity index (χ0n) is 7.93. The Bertz CT molecular complexity index is 316. The lowest BCUT2D eigenvalue weighted by molar-refractivity contribution is 0.308. The van der Waals surface area contributed by atoms with Crippen molar-refractivity contribution < 1.29 is 9.47 Å². The van der Waals surface area contributed by atoms with E-state index in [4.69, 9.17) is 20.5 Å². The van der Waals surface area contributed by atoms with Crippen molar-refractivity contribution in [3.05, 3.63) is 24.3 Å². The molecule has 0 amide bonds. The Balaban J connectivity index is 2.48. The van der Waals surface area contributed by atoms with E-state index in [1.807, 2.05) is 6.07 Å². The van der Waals surface area contributed by atoms with E-state index in [-0.39, 0.29) is 6.61 Å². The first-order valence-corrected chi connectivity index (χ1v) is 4.18. The van der Waals surface area contributed by atoms with Gasteiger partial charge in [-0.15, -0.1) is 0 Å². The van der Waals surface area contributed by atoms with Gasteiger partial charge in [-0.05, 0) is 24.3 Å². The summed E-state index contributed by atoms with van der Waals surface area (Å²) < 4.78 is 10.2. The van der Waals surface area contributed by atoms with Crippen LogP contribution in [0.2, 0.25) is 0 Å². The molecule has 1 unspecified atom stereocenters. The van der Waals surface area contributed by atoms with Gasteiger partial charge in [-0.1, -0.05) is 0 Å². The maximum Gasteiger partial charge on any atom is 0.127 e. The molecule has 0 saturated heterocycles. The van der Waals surface area contributed by atoms with E-state index in [1.165, 1.54) is 0 Å². The summed E-state index contributed by atoms with van der Waals surface area (Å²) in [6.07, 6.45) is 0. The first kappa shape index (κ1) is 10.4. The maximum atomic E-state index is 8.42. The average Bonchev–Trinajstić information content (AvgIpc) is 2.26. The van der Waals surface area contributed by atoms with Crippen LogP contribution < -0.4 is 15.2 Å². The third-order valence-electron chi connectivity index (χ3n) is 1.65. The second-order valence-electron chi connectivity index (χ2n) is 2.72. The summed E-state index contributed by atoms with van der Waals surface area (Å²) in [7, 11) is 1.60. The SMILES string of the molecule is COc1ccc(OCC(N)C#N)cc1. The van der Waals surface area contributed by atoms with Crippen molar-refractivity contribution in [2.45, 2.75) is 6.04 Å². The molecule has 0 aliphatic rings. The van der Waals surface area contributed by atoms with Crippen molar-refractivity contribution in [1.82, 2.24) is 0 Å². The average molecular weight is 192 g/mol. The molecule has 14 heavy (non-hydrogen) atoms. The van der Waals surface area contributed by atoms with Crippen LogP contribution in [0.15, 0.2) is 24.3 Å². The molecule has 74 valence electrons. The summed E-state index contributed by atoms with van der Waals surface area (Å²) in [6.45, 7) is 0.197. The first-order chi connectivity index (χ1) is 6.76. The minimum Gasteiger partial charge on any atom is -0.497 e. The Kier molecular flexibility index (Phi) is 3.77. The third-order valence-corrected chi connectivity index (χ3v) is 1.65. The van der Waals surface area contributed by atoms with Crippen molar-refractivity contribution in [3.8, 4) is 17.6 Å². The van der Waals surface area contributed by atoms with E-state index in [2.05, 4.69) is 0 Å². The number of rotatable bonds is 4. The highest BCUT2D eigenvalue weighted by molar-refractivity contribution is 5.31. The van der Waals surface area contributed by atoms with Gasteiger partial charge in [0.2, 0.25) is 0 Å². The maximum absolute atomic E-state index is 8.42. The lowest BCUT2D eigenvalue weighted by Crippen LogP contribution is -2.25. The lowest BCUT2D eigenvalue weighted by Gasteiger charge is -2.07. The molecule has 0 saturated carbocycles. The van der Waals surface area contributed by atoms with Gasteiger partial charge in [0, 0.05) is 0 Å². The molecule has 1 atom stereocenters. The van der Waals surface area contributed by atoms with Crippen LogP contribution in [0.25, 0.3) is 0 Å². The van der Waals surface area contributed by atoms with Crippen LogP contribution in [0.5, 0.6) is 11.5 Å². The zero-order chi connectivity index (χ0) is 10.4. The number of benzene rings is 1. The number of nitrogens with zero attached hydrogens (tertiary/aromatic N) is 1. The summed E-state index contributed by atoms with van der Waals surface area (Å²) in [6, 6.07) is 8.40. The fourth-order valence-corrected chi connectivity index (χ4v) is 0.895. The first-order valence-electron chi connectivity index (χ1n) is 4.18. The van der Waals surface area contributed by atoms with E-state index >= 15 is 0 Å². The molecule has 0 aliphatic carbocycles. The molecule has 1 aromatic carbocycles. The molecule has 2 N–H and O–H groups in total. The predicted octanol–water partition coefficient (Wildman–Crippen LogP) is 0.925. The molecular weight excluding hydrogens is 180 g/mol. The van der Waals surface area contributed by atoms with Gasteiger partial charge in [0.05, 0.1) is 13.2 Å². The van der Waals surface area contributed by atoms with Crippen LogP contribution >= 0.6 is 0 Å². The summed E-state index contributed by atoms with van der Waals surface area (Å²) in [5.74, 6) is 1.44. The molecule has 0 aromatic heterocycles. The minimum absolute atomic E-state index is 0.197. The lowest BCUT2D eigenvalue weighted by atomic mass is 10.3. The van der Waals surface area contributed by atoms with Crippen LogP contribution in [0.4, 0.5) is 0 Å². The molecule has 4 nitrogen and oxygen atoms in total. The molecule has 1 aromatic rings. The topological polar surface area (TPSA) is 68.3 Å². The van der Waals surface area contributed by atoms with Gasteiger partial charge in [-0.25, -0.2) is 0 Å². The molecule has 0 bridgehead atoms. The van der Waals surface area contributed by atoms with Crippen LogP contribution in [0.1, 0.15) is 0 Å². The standard InChI is InChI=1S/C10H12N2O2/c1-13-9-2-4-10(5-3-9)14-7-8(12)6-11/h2-5,8H,7,12H2,1H3. The number of nitrogens with two attached hydrogens (primary N) is 1. The van der Waals surface area contributed by atoms with Crippen molar-refractivity contribution in [2.24, 2.45) is 5.73 Å². The Morgan fingerprint density at radius 1 is 1.36 bits per heavy atom. The molecule has 0 radical (unpaired) electrons. The molecule has 0 fully saturated rings. The van der Waals surface area contributed by atoms with Crippen molar-refractivity contribution in [1.29, 1.82) is 5.26 Å². The van der Waals surface area contributed by atoms with Crippen molar-refractivity contribution in [3.63, 3.8) is 0 Å². The van der Waals surface area contributed by atoms with E-state index < -0.39 is 6.04 Å². The van der Waals surface area contributed by atoms with Crippen LogP contribution in [0, 0.1) is 11.3 Å². The van der Waals surface area contributed by atoms with Gasteiger partial charge in [0.25, 0.3) is 0 Å². The van der Waals surface area contributed by atoms with Gasteiger partial charge in [-0.3, -0.25) is 0 Å². The van der Waals surface area contributed by atoms with Gasteiger partial charge in [0.15, 0.2) is 0 Å². The van der Waals surface area contributed by atoms with Gasteiger partial charge in [-0.2, -0.15) is 5.26 Å². The highest BCUT2D eigenvalue weighted by atomic mass is 16.5. The molecule has 0 aliphatic heterocycles. The molecule has 0 spiro atoms. The smallest absolute Gasteiger partial charge is 0.127 e. The van der Waals surface area contributed by atoms with Gasteiger partial charge < -0.3 is 15.2 Å². The normalized spacial score (nSPS) is 11.5. The summed E-state index contributed by atoms with van der Waals surface area (Å²) in [4.78, 5) is 0. The number of nitriles is 1. The Labute approximate surface area is 82.9 Å². The van der Waals surface area contributed by atoms with Crippen LogP contribution in [-0.2, 0) is 0 Å². The Hall–Kier alpha value is -1.73. The summed E-state index contributed by atoms with van der Waals surface area (Å²) in [5.41, 5.74) is 5.37. The third kappa shape index (κ3) is 2.96. The number of methoxy groups -OCH3 is 1.